The van der Waals surface area contributed by atoms with E-state index < -0.39 is 10.0 Å². The van der Waals surface area contributed by atoms with E-state index in [-0.39, 0.29) is 17.7 Å². The van der Waals surface area contributed by atoms with E-state index in [1.165, 1.54) is 0 Å². The number of hydrogen-bond acceptors (Lipinski definition) is 3. The Balaban J connectivity index is 2.67. The fraction of sp³-hybridized carbons (Fsp3) is 0.588. The molecule has 0 radical (unpaired) electrons. The topological polar surface area (TPSA) is 75.3 Å². The summed E-state index contributed by atoms with van der Waals surface area (Å²) in [4.78, 5) is 12.2. The van der Waals surface area contributed by atoms with Gasteiger partial charge in [-0.3, -0.25) is 9.52 Å². The van der Waals surface area contributed by atoms with Crippen molar-refractivity contribution in [3.8, 4) is 0 Å². The van der Waals surface area contributed by atoms with E-state index in [4.69, 9.17) is 0 Å². The Kier molecular flexibility index (Phi) is 8.09. The van der Waals surface area contributed by atoms with E-state index in [2.05, 4.69) is 17.0 Å². The summed E-state index contributed by atoms with van der Waals surface area (Å²) >= 11 is 0. The molecule has 0 spiro atoms. The van der Waals surface area contributed by atoms with Gasteiger partial charge in [-0.2, -0.15) is 0 Å². The van der Waals surface area contributed by atoms with Crippen LogP contribution in [0.1, 0.15) is 63.2 Å². The molecule has 1 unspecified atom stereocenters. The van der Waals surface area contributed by atoms with Crippen LogP contribution in [-0.4, -0.2) is 26.1 Å². The van der Waals surface area contributed by atoms with Gasteiger partial charge in [-0.25, -0.2) is 8.42 Å². The second-order valence-corrected chi connectivity index (χ2v) is 7.71. The number of carbonyl (C=O) groups is 1. The SMILES string of the molecule is CCCCCC(C)NC(=O)c1cccc(NS(=O)(=O)CCC)c1. The Hall–Kier alpha value is -1.56. The lowest BCUT2D eigenvalue weighted by atomic mass is 10.1. The summed E-state index contributed by atoms with van der Waals surface area (Å²) in [5.41, 5.74) is 0.883. The normalized spacial score (nSPS) is 12.7. The van der Waals surface area contributed by atoms with E-state index in [0.717, 1.165) is 25.7 Å². The first-order chi connectivity index (χ1) is 10.9. The van der Waals surface area contributed by atoms with Crippen molar-refractivity contribution in [1.29, 1.82) is 0 Å². The van der Waals surface area contributed by atoms with Crippen molar-refractivity contribution in [2.45, 2.75) is 58.9 Å². The fourth-order valence-electron chi connectivity index (χ4n) is 2.30. The molecular weight excluding hydrogens is 312 g/mol. The van der Waals surface area contributed by atoms with Crippen molar-refractivity contribution in [3.05, 3.63) is 29.8 Å². The maximum absolute atomic E-state index is 12.2. The molecule has 0 aliphatic carbocycles. The number of amides is 1. The molecule has 1 aromatic carbocycles. The molecule has 6 heteroatoms. The molecule has 130 valence electrons. The average molecular weight is 340 g/mol. The summed E-state index contributed by atoms with van der Waals surface area (Å²) in [7, 11) is -3.35. The highest BCUT2D eigenvalue weighted by Crippen LogP contribution is 2.13. The second-order valence-electron chi connectivity index (χ2n) is 5.87. The van der Waals surface area contributed by atoms with Crippen molar-refractivity contribution in [1.82, 2.24) is 5.32 Å². The minimum atomic E-state index is -3.35. The molecule has 2 N–H and O–H groups in total. The molecular formula is C17H28N2O3S. The Morgan fingerprint density at radius 3 is 2.57 bits per heavy atom. The van der Waals surface area contributed by atoms with Crippen LogP contribution < -0.4 is 10.0 Å². The zero-order chi connectivity index (χ0) is 17.3. The molecule has 0 aliphatic heterocycles. The third-order valence-corrected chi connectivity index (χ3v) is 4.98. The molecule has 0 saturated carbocycles. The number of rotatable bonds is 10. The van der Waals surface area contributed by atoms with Crippen molar-refractivity contribution in [2.24, 2.45) is 0 Å². The van der Waals surface area contributed by atoms with Crippen LogP contribution in [0.15, 0.2) is 24.3 Å². The first-order valence-corrected chi connectivity index (χ1v) is 9.94. The summed E-state index contributed by atoms with van der Waals surface area (Å²) in [6.45, 7) is 5.94. The van der Waals surface area contributed by atoms with Gasteiger partial charge in [0.15, 0.2) is 0 Å². The molecule has 1 atom stereocenters. The van der Waals surface area contributed by atoms with Crippen molar-refractivity contribution in [2.75, 3.05) is 10.5 Å². The van der Waals surface area contributed by atoms with E-state index >= 15 is 0 Å². The van der Waals surface area contributed by atoms with Crippen LogP contribution >= 0.6 is 0 Å². The molecule has 0 bridgehead atoms. The van der Waals surface area contributed by atoms with Gasteiger partial charge >= 0.3 is 0 Å². The molecule has 1 amide bonds. The van der Waals surface area contributed by atoms with E-state index in [1.807, 2.05) is 13.8 Å². The number of carbonyl (C=O) groups excluding carboxylic acids is 1. The third kappa shape index (κ3) is 7.50. The van der Waals surface area contributed by atoms with Crippen molar-refractivity contribution in [3.63, 3.8) is 0 Å². The van der Waals surface area contributed by atoms with E-state index in [9.17, 15) is 13.2 Å². The average Bonchev–Trinajstić information content (AvgIpc) is 2.47. The van der Waals surface area contributed by atoms with Crippen LogP contribution in [0, 0.1) is 0 Å². The van der Waals surface area contributed by atoms with Gasteiger partial charge < -0.3 is 5.32 Å². The number of hydrogen-bond donors (Lipinski definition) is 2. The van der Waals surface area contributed by atoms with E-state index in [1.54, 1.807) is 24.3 Å². The number of unbranched alkanes of at least 4 members (excludes halogenated alkanes) is 2. The van der Waals surface area contributed by atoms with Crippen molar-refractivity contribution < 1.29 is 13.2 Å². The maximum Gasteiger partial charge on any atom is 0.251 e. The first kappa shape index (κ1) is 19.5. The van der Waals surface area contributed by atoms with Gasteiger partial charge in [-0.15, -0.1) is 0 Å². The lowest BCUT2D eigenvalue weighted by molar-refractivity contribution is 0.0938. The summed E-state index contributed by atoms with van der Waals surface area (Å²) < 4.78 is 26.1. The van der Waals surface area contributed by atoms with Gasteiger partial charge in [-0.1, -0.05) is 39.2 Å². The Labute approximate surface area is 139 Å². The summed E-state index contributed by atoms with van der Waals surface area (Å²) in [6.07, 6.45) is 4.90. The zero-order valence-corrected chi connectivity index (χ0v) is 15.1. The Morgan fingerprint density at radius 2 is 1.91 bits per heavy atom. The van der Waals surface area contributed by atoms with Crippen LogP contribution in [0.25, 0.3) is 0 Å². The van der Waals surface area contributed by atoms with Gasteiger partial charge in [0.1, 0.15) is 0 Å². The lowest BCUT2D eigenvalue weighted by Crippen LogP contribution is -2.32. The zero-order valence-electron chi connectivity index (χ0n) is 14.3. The molecule has 0 fully saturated rings. The van der Waals surface area contributed by atoms with E-state index in [0.29, 0.717) is 17.7 Å². The van der Waals surface area contributed by atoms with Crippen LogP contribution in [0.2, 0.25) is 0 Å². The van der Waals surface area contributed by atoms with Gasteiger partial charge in [0.2, 0.25) is 10.0 Å². The lowest BCUT2D eigenvalue weighted by Gasteiger charge is -2.14. The standard InChI is InChI=1S/C17H28N2O3S/c1-4-6-7-9-14(3)18-17(20)15-10-8-11-16(13-15)19-23(21,22)12-5-2/h8,10-11,13-14,19H,4-7,9,12H2,1-3H3,(H,18,20). The van der Waals surface area contributed by atoms with Crippen LogP contribution in [0.3, 0.4) is 0 Å². The van der Waals surface area contributed by atoms with Crippen molar-refractivity contribution >= 4 is 21.6 Å². The predicted octanol–water partition coefficient (Wildman–Crippen LogP) is 3.54. The number of benzene rings is 1. The van der Waals surface area contributed by atoms with Crippen LogP contribution in [0.5, 0.6) is 0 Å². The van der Waals surface area contributed by atoms with Gasteiger partial charge in [0, 0.05) is 17.3 Å². The van der Waals surface area contributed by atoms with Gasteiger partial charge in [0.25, 0.3) is 5.91 Å². The predicted molar refractivity (Wildman–Crippen MR) is 95.2 cm³/mol. The summed E-state index contributed by atoms with van der Waals surface area (Å²) in [5, 5.41) is 2.95. The highest BCUT2D eigenvalue weighted by atomic mass is 32.2. The third-order valence-electron chi connectivity index (χ3n) is 3.49. The second kappa shape index (κ2) is 9.55. The van der Waals surface area contributed by atoms with Gasteiger partial charge in [-0.05, 0) is 38.0 Å². The Bertz CT molecular complexity index is 600. The number of anilines is 1. The molecule has 0 saturated heterocycles. The fourth-order valence-corrected chi connectivity index (χ4v) is 3.43. The maximum atomic E-state index is 12.2. The molecule has 0 aliphatic rings. The minimum absolute atomic E-state index is 0.0673. The summed E-state index contributed by atoms with van der Waals surface area (Å²) in [6, 6.07) is 6.69. The number of nitrogens with one attached hydrogen (secondary N) is 2. The minimum Gasteiger partial charge on any atom is -0.350 e. The molecule has 1 rings (SSSR count). The highest BCUT2D eigenvalue weighted by Gasteiger charge is 2.12. The molecule has 23 heavy (non-hydrogen) atoms. The van der Waals surface area contributed by atoms with Crippen LogP contribution in [0.4, 0.5) is 5.69 Å². The van der Waals surface area contributed by atoms with Crippen LogP contribution in [-0.2, 0) is 10.0 Å². The molecule has 1 aromatic rings. The quantitative estimate of drug-likeness (QED) is 0.640. The monoisotopic (exact) mass is 340 g/mol. The molecule has 0 aromatic heterocycles. The smallest absolute Gasteiger partial charge is 0.251 e. The summed E-state index contributed by atoms with van der Waals surface area (Å²) in [5.74, 6) is -0.108. The highest BCUT2D eigenvalue weighted by molar-refractivity contribution is 7.92. The largest absolute Gasteiger partial charge is 0.350 e. The molecule has 5 nitrogen and oxygen atoms in total. The molecule has 0 heterocycles. The first-order valence-electron chi connectivity index (χ1n) is 8.29. The van der Waals surface area contributed by atoms with Gasteiger partial charge in [0.05, 0.1) is 5.75 Å². The Morgan fingerprint density at radius 1 is 1.17 bits per heavy atom. The number of sulfonamides is 1.